The zero-order chi connectivity index (χ0) is 13.3. The molecule has 1 fully saturated rings. The van der Waals surface area contributed by atoms with Crippen LogP contribution in [0.2, 0.25) is 0 Å². The van der Waals surface area contributed by atoms with Crippen molar-refractivity contribution in [2.75, 3.05) is 0 Å². The molecule has 2 heteroatoms. The van der Waals surface area contributed by atoms with Crippen molar-refractivity contribution in [2.24, 2.45) is 11.8 Å². The zero-order valence-electron chi connectivity index (χ0n) is 12.6. The highest BCUT2D eigenvalue weighted by Gasteiger charge is 2.48. The topological polar surface area (TPSA) is 21.3 Å². The van der Waals surface area contributed by atoms with Crippen molar-refractivity contribution in [3.63, 3.8) is 0 Å². The van der Waals surface area contributed by atoms with E-state index in [1.165, 1.54) is 31.3 Å². The number of ether oxygens (including phenoxy) is 1. The second-order valence-corrected chi connectivity index (χ2v) is 6.74. The summed E-state index contributed by atoms with van der Waals surface area (Å²) >= 11 is 0. The van der Waals surface area contributed by atoms with Gasteiger partial charge in [0.1, 0.15) is 6.10 Å². The fourth-order valence-electron chi connectivity index (χ4n) is 3.34. The van der Waals surface area contributed by atoms with Crippen LogP contribution in [0.15, 0.2) is 11.8 Å². The molecule has 1 saturated carbocycles. The van der Waals surface area contributed by atoms with Crippen LogP contribution in [0, 0.1) is 11.8 Å². The van der Waals surface area contributed by atoms with E-state index in [9.17, 15) is 0 Å². The predicted octanol–water partition coefficient (Wildman–Crippen LogP) is 3.87. The van der Waals surface area contributed by atoms with Crippen molar-refractivity contribution in [1.29, 1.82) is 0 Å². The Morgan fingerprint density at radius 2 is 2.00 bits per heavy atom. The smallest absolute Gasteiger partial charge is 0.103 e. The molecule has 0 spiro atoms. The van der Waals surface area contributed by atoms with Gasteiger partial charge in [-0.15, -0.1) is 0 Å². The highest BCUT2D eigenvalue weighted by molar-refractivity contribution is 5.29. The Bertz CT molecular complexity index is 315. The minimum atomic E-state index is 0.281. The molecule has 0 radical (unpaired) electrons. The first kappa shape index (κ1) is 13.9. The van der Waals surface area contributed by atoms with E-state index in [0.717, 1.165) is 0 Å². The molecule has 0 amide bonds. The van der Waals surface area contributed by atoms with E-state index in [0.29, 0.717) is 24.0 Å². The van der Waals surface area contributed by atoms with Crippen molar-refractivity contribution in [1.82, 2.24) is 5.32 Å². The third kappa shape index (κ3) is 2.74. The molecule has 2 aliphatic rings. The number of rotatable bonds is 5. The highest BCUT2D eigenvalue weighted by Crippen LogP contribution is 2.47. The van der Waals surface area contributed by atoms with Crippen LogP contribution in [0.1, 0.15) is 60.3 Å². The van der Waals surface area contributed by atoms with Gasteiger partial charge in [-0.25, -0.2) is 0 Å². The Balaban J connectivity index is 2.08. The SMILES string of the molecule is CCC1CC(C2(NC(C)C)CC2)=COC1C(C)C. The molecule has 2 rings (SSSR count). The quantitative estimate of drug-likeness (QED) is 0.801. The molecule has 0 saturated heterocycles. The maximum Gasteiger partial charge on any atom is 0.103 e. The molecule has 1 aliphatic carbocycles. The van der Waals surface area contributed by atoms with Crippen molar-refractivity contribution < 1.29 is 4.74 Å². The number of nitrogens with one attached hydrogen (secondary N) is 1. The van der Waals surface area contributed by atoms with Gasteiger partial charge in [-0.2, -0.15) is 0 Å². The predicted molar refractivity (Wildman–Crippen MR) is 76.4 cm³/mol. The highest BCUT2D eigenvalue weighted by atomic mass is 16.5. The van der Waals surface area contributed by atoms with Gasteiger partial charge in [-0.1, -0.05) is 34.6 Å². The second kappa shape index (κ2) is 5.24. The average molecular weight is 251 g/mol. The maximum atomic E-state index is 6.06. The monoisotopic (exact) mass is 251 g/mol. The molecule has 2 unspecified atom stereocenters. The van der Waals surface area contributed by atoms with Crippen LogP contribution in [0.25, 0.3) is 0 Å². The van der Waals surface area contributed by atoms with E-state index in [-0.39, 0.29) is 5.54 Å². The van der Waals surface area contributed by atoms with Gasteiger partial charge in [-0.3, -0.25) is 0 Å². The van der Waals surface area contributed by atoms with E-state index < -0.39 is 0 Å². The number of hydrogen-bond acceptors (Lipinski definition) is 2. The van der Waals surface area contributed by atoms with Crippen LogP contribution in [0.5, 0.6) is 0 Å². The van der Waals surface area contributed by atoms with Gasteiger partial charge in [0.05, 0.1) is 6.26 Å². The van der Waals surface area contributed by atoms with Gasteiger partial charge in [0.2, 0.25) is 0 Å². The fraction of sp³-hybridized carbons (Fsp3) is 0.875. The summed E-state index contributed by atoms with van der Waals surface area (Å²) in [6.45, 7) is 11.3. The summed E-state index contributed by atoms with van der Waals surface area (Å²) in [6.07, 6.45) is 7.50. The Hall–Kier alpha value is -0.500. The van der Waals surface area contributed by atoms with Crippen LogP contribution in [0.4, 0.5) is 0 Å². The largest absolute Gasteiger partial charge is 0.497 e. The van der Waals surface area contributed by atoms with Crippen LogP contribution in [0.3, 0.4) is 0 Å². The van der Waals surface area contributed by atoms with E-state index in [1.54, 1.807) is 0 Å². The Morgan fingerprint density at radius 3 is 2.44 bits per heavy atom. The van der Waals surface area contributed by atoms with Gasteiger partial charge >= 0.3 is 0 Å². The van der Waals surface area contributed by atoms with Crippen LogP contribution in [-0.2, 0) is 4.74 Å². The minimum Gasteiger partial charge on any atom is -0.497 e. The molecule has 1 N–H and O–H groups in total. The molecular formula is C16H29NO. The van der Waals surface area contributed by atoms with Gasteiger partial charge in [0.15, 0.2) is 0 Å². The van der Waals surface area contributed by atoms with E-state index in [4.69, 9.17) is 4.74 Å². The maximum absolute atomic E-state index is 6.06. The normalized spacial score (nSPS) is 30.3. The Labute approximate surface area is 112 Å². The molecule has 0 aromatic carbocycles. The summed E-state index contributed by atoms with van der Waals surface area (Å²) in [5.74, 6) is 1.30. The molecule has 0 bridgehead atoms. The lowest BCUT2D eigenvalue weighted by Gasteiger charge is -2.36. The fourth-order valence-corrected chi connectivity index (χ4v) is 3.34. The lowest BCUT2D eigenvalue weighted by molar-refractivity contribution is 0.0261. The van der Waals surface area contributed by atoms with E-state index in [2.05, 4.69) is 46.2 Å². The lowest BCUT2D eigenvalue weighted by atomic mass is 9.82. The van der Waals surface area contributed by atoms with Crippen molar-refractivity contribution in [3.05, 3.63) is 11.8 Å². The van der Waals surface area contributed by atoms with Crippen LogP contribution < -0.4 is 5.32 Å². The van der Waals surface area contributed by atoms with Gasteiger partial charge in [0, 0.05) is 11.6 Å². The third-order valence-electron chi connectivity index (χ3n) is 4.43. The van der Waals surface area contributed by atoms with Crippen molar-refractivity contribution in [2.45, 2.75) is 78.0 Å². The second-order valence-electron chi connectivity index (χ2n) is 6.74. The molecule has 0 aromatic heterocycles. The van der Waals surface area contributed by atoms with Gasteiger partial charge in [-0.05, 0) is 43.1 Å². The summed E-state index contributed by atoms with van der Waals surface area (Å²) in [4.78, 5) is 0. The molecule has 0 aromatic rings. The molecule has 1 aliphatic heterocycles. The van der Waals surface area contributed by atoms with E-state index >= 15 is 0 Å². The van der Waals surface area contributed by atoms with Gasteiger partial charge < -0.3 is 10.1 Å². The van der Waals surface area contributed by atoms with Gasteiger partial charge in [0.25, 0.3) is 0 Å². The lowest BCUT2D eigenvalue weighted by Crippen LogP contribution is -2.42. The van der Waals surface area contributed by atoms with Crippen LogP contribution in [-0.4, -0.2) is 17.7 Å². The van der Waals surface area contributed by atoms with Crippen molar-refractivity contribution in [3.8, 4) is 0 Å². The molecule has 2 nitrogen and oxygen atoms in total. The Morgan fingerprint density at radius 1 is 1.33 bits per heavy atom. The standard InChI is InChI=1S/C16H29NO/c1-6-13-9-14(10-18-15(13)11(2)3)16(7-8-16)17-12(4)5/h10-13,15,17H,6-9H2,1-5H3. The first-order chi connectivity index (χ1) is 8.48. The molecular weight excluding hydrogens is 222 g/mol. The molecule has 18 heavy (non-hydrogen) atoms. The van der Waals surface area contributed by atoms with Crippen LogP contribution >= 0.6 is 0 Å². The third-order valence-corrected chi connectivity index (χ3v) is 4.43. The molecule has 2 atom stereocenters. The summed E-state index contributed by atoms with van der Waals surface area (Å²) in [5.41, 5.74) is 1.80. The minimum absolute atomic E-state index is 0.281. The van der Waals surface area contributed by atoms with Crippen molar-refractivity contribution >= 4 is 0 Å². The average Bonchev–Trinajstić information content (AvgIpc) is 3.08. The summed E-state index contributed by atoms with van der Waals surface area (Å²) in [6, 6.07) is 0.552. The summed E-state index contributed by atoms with van der Waals surface area (Å²) in [5, 5.41) is 3.74. The zero-order valence-corrected chi connectivity index (χ0v) is 12.6. The first-order valence-electron chi connectivity index (χ1n) is 7.61. The molecule has 1 heterocycles. The first-order valence-corrected chi connectivity index (χ1v) is 7.61. The van der Waals surface area contributed by atoms with E-state index in [1.807, 2.05) is 0 Å². The molecule has 104 valence electrons. The summed E-state index contributed by atoms with van der Waals surface area (Å²) < 4.78 is 6.06. The summed E-state index contributed by atoms with van der Waals surface area (Å²) in [7, 11) is 0. The number of hydrogen-bond donors (Lipinski definition) is 1. The Kier molecular flexibility index (Phi) is 4.05.